The molecule has 0 radical (unpaired) electrons. The lowest BCUT2D eigenvalue weighted by Gasteiger charge is -2.10. The molecule has 3 rings (SSSR count). The molecule has 122 valence electrons. The number of nitrogens with zero attached hydrogens (tertiary/aromatic N) is 3. The molecule has 6 nitrogen and oxygen atoms in total. The Labute approximate surface area is 136 Å². The fraction of sp³-hybridized carbons (Fsp3) is 0.412. The van der Waals surface area contributed by atoms with Crippen LogP contribution in [0.1, 0.15) is 18.5 Å². The Bertz CT molecular complexity index is 658. The molecule has 0 unspecified atom stereocenters. The summed E-state index contributed by atoms with van der Waals surface area (Å²) < 4.78 is 7.03. The molecule has 6 heteroatoms. The van der Waals surface area contributed by atoms with E-state index in [2.05, 4.69) is 20.7 Å². The quantitative estimate of drug-likeness (QED) is 0.632. The molecule has 1 aromatic heterocycles. The van der Waals surface area contributed by atoms with Gasteiger partial charge in [0.05, 0.1) is 25.0 Å². The first-order valence-corrected chi connectivity index (χ1v) is 7.92. The van der Waals surface area contributed by atoms with Crippen molar-refractivity contribution in [3.8, 4) is 11.4 Å². The van der Waals surface area contributed by atoms with Crippen LogP contribution in [0.25, 0.3) is 5.69 Å². The first kappa shape index (κ1) is 15.4. The van der Waals surface area contributed by atoms with Crippen molar-refractivity contribution in [1.82, 2.24) is 20.4 Å². The highest BCUT2D eigenvalue weighted by Crippen LogP contribution is 2.27. The third kappa shape index (κ3) is 4.25. The molecule has 0 aliphatic heterocycles. The highest BCUT2D eigenvalue weighted by Gasteiger charge is 2.21. The number of methoxy groups -OCH3 is 1. The van der Waals surface area contributed by atoms with Crippen LogP contribution in [-0.2, 0) is 6.54 Å². The minimum absolute atomic E-state index is 0.646. The number of aromatic nitrogens is 2. The predicted molar refractivity (Wildman–Crippen MR) is 91.0 cm³/mol. The maximum Gasteiger partial charge on any atom is 0.191 e. The maximum absolute atomic E-state index is 5.17. The SMILES string of the molecule is CN=C(NCc1ccn(-c2ccc(OC)cc2)n1)NCC1CC1. The first-order valence-electron chi connectivity index (χ1n) is 7.92. The second kappa shape index (κ2) is 7.17. The van der Waals surface area contributed by atoms with Crippen molar-refractivity contribution in [2.24, 2.45) is 10.9 Å². The summed E-state index contributed by atoms with van der Waals surface area (Å²) in [4.78, 5) is 4.23. The Morgan fingerprint density at radius 1 is 1.26 bits per heavy atom. The van der Waals surface area contributed by atoms with E-state index in [4.69, 9.17) is 4.74 Å². The van der Waals surface area contributed by atoms with Gasteiger partial charge in [-0.25, -0.2) is 4.68 Å². The summed E-state index contributed by atoms with van der Waals surface area (Å²) in [5, 5.41) is 11.2. The van der Waals surface area contributed by atoms with Gasteiger partial charge in [0.1, 0.15) is 5.75 Å². The number of aliphatic imine (C=N–C) groups is 1. The van der Waals surface area contributed by atoms with E-state index in [0.717, 1.165) is 35.6 Å². The lowest BCUT2D eigenvalue weighted by molar-refractivity contribution is 0.414. The van der Waals surface area contributed by atoms with Crippen LogP contribution in [0.3, 0.4) is 0 Å². The van der Waals surface area contributed by atoms with Gasteiger partial charge in [0, 0.05) is 19.8 Å². The zero-order valence-corrected chi connectivity index (χ0v) is 13.6. The van der Waals surface area contributed by atoms with E-state index in [-0.39, 0.29) is 0 Å². The normalized spacial score (nSPS) is 14.6. The summed E-state index contributed by atoms with van der Waals surface area (Å²) in [6.45, 7) is 1.65. The molecule has 0 amide bonds. The van der Waals surface area contributed by atoms with Crippen molar-refractivity contribution < 1.29 is 4.74 Å². The number of nitrogens with one attached hydrogen (secondary N) is 2. The summed E-state index contributed by atoms with van der Waals surface area (Å²) in [5.74, 6) is 2.49. The monoisotopic (exact) mass is 313 g/mol. The van der Waals surface area contributed by atoms with Crippen molar-refractivity contribution in [2.45, 2.75) is 19.4 Å². The Kier molecular flexibility index (Phi) is 4.80. The van der Waals surface area contributed by atoms with E-state index in [1.54, 1.807) is 14.2 Å². The zero-order chi connectivity index (χ0) is 16.1. The average Bonchev–Trinajstić information content (AvgIpc) is 3.31. The van der Waals surface area contributed by atoms with E-state index in [9.17, 15) is 0 Å². The third-order valence-electron chi connectivity index (χ3n) is 3.90. The number of ether oxygens (including phenoxy) is 1. The summed E-state index contributed by atoms with van der Waals surface area (Å²) in [7, 11) is 3.45. The highest BCUT2D eigenvalue weighted by atomic mass is 16.5. The van der Waals surface area contributed by atoms with Crippen LogP contribution in [0.4, 0.5) is 0 Å². The zero-order valence-electron chi connectivity index (χ0n) is 13.6. The molecular formula is C17H23N5O. The number of rotatable bonds is 6. The lowest BCUT2D eigenvalue weighted by atomic mass is 10.3. The summed E-state index contributed by atoms with van der Waals surface area (Å²) >= 11 is 0. The second-order valence-electron chi connectivity index (χ2n) is 5.70. The highest BCUT2D eigenvalue weighted by molar-refractivity contribution is 5.79. The second-order valence-corrected chi connectivity index (χ2v) is 5.70. The minimum Gasteiger partial charge on any atom is -0.497 e. The van der Waals surface area contributed by atoms with Crippen LogP contribution in [0, 0.1) is 5.92 Å². The molecule has 1 aliphatic rings. The van der Waals surface area contributed by atoms with Gasteiger partial charge in [-0.2, -0.15) is 5.10 Å². The van der Waals surface area contributed by atoms with Gasteiger partial charge in [-0.15, -0.1) is 0 Å². The van der Waals surface area contributed by atoms with Gasteiger partial charge in [0.25, 0.3) is 0 Å². The molecule has 0 spiro atoms. The summed E-state index contributed by atoms with van der Waals surface area (Å²) in [5.41, 5.74) is 1.98. The van der Waals surface area contributed by atoms with Crippen molar-refractivity contribution in [2.75, 3.05) is 20.7 Å². The third-order valence-corrected chi connectivity index (χ3v) is 3.90. The molecule has 2 aromatic rings. The van der Waals surface area contributed by atoms with Gasteiger partial charge in [-0.05, 0) is 49.1 Å². The molecule has 1 fully saturated rings. The van der Waals surface area contributed by atoms with Crippen molar-refractivity contribution in [3.05, 3.63) is 42.2 Å². The number of hydrogen-bond acceptors (Lipinski definition) is 3. The van der Waals surface area contributed by atoms with Crippen LogP contribution in [0.2, 0.25) is 0 Å². The smallest absolute Gasteiger partial charge is 0.191 e. The van der Waals surface area contributed by atoms with Crippen LogP contribution in [-0.4, -0.2) is 36.4 Å². The van der Waals surface area contributed by atoms with Crippen LogP contribution >= 0.6 is 0 Å². The Balaban J connectivity index is 1.55. The van der Waals surface area contributed by atoms with E-state index in [1.807, 2.05) is 41.2 Å². The van der Waals surface area contributed by atoms with E-state index >= 15 is 0 Å². The summed E-state index contributed by atoms with van der Waals surface area (Å²) in [6.07, 6.45) is 4.62. The summed E-state index contributed by atoms with van der Waals surface area (Å²) in [6, 6.07) is 9.83. The van der Waals surface area contributed by atoms with Gasteiger partial charge >= 0.3 is 0 Å². The van der Waals surface area contributed by atoms with Crippen LogP contribution in [0.5, 0.6) is 5.75 Å². The molecule has 0 bridgehead atoms. The fourth-order valence-corrected chi connectivity index (χ4v) is 2.29. The molecule has 0 atom stereocenters. The largest absolute Gasteiger partial charge is 0.497 e. The van der Waals surface area contributed by atoms with Gasteiger partial charge < -0.3 is 15.4 Å². The van der Waals surface area contributed by atoms with Gasteiger partial charge in [0.15, 0.2) is 5.96 Å². The van der Waals surface area contributed by atoms with Gasteiger partial charge in [-0.3, -0.25) is 4.99 Å². The standard InChI is InChI=1S/C17H23N5O/c1-18-17(19-11-13-3-4-13)20-12-14-9-10-22(21-14)15-5-7-16(23-2)8-6-15/h5-10,13H,3-4,11-12H2,1-2H3,(H2,18,19,20). The first-order chi connectivity index (χ1) is 11.3. The van der Waals surface area contributed by atoms with E-state index in [1.165, 1.54) is 12.8 Å². The lowest BCUT2D eigenvalue weighted by Crippen LogP contribution is -2.37. The number of benzene rings is 1. The van der Waals surface area contributed by atoms with Crippen molar-refractivity contribution in [1.29, 1.82) is 0 Å². The molecule has 1 heterocycles. The molecule has 0 saturated heterocycles. The number of hydrogen-bond donors (Lipinski definition) is 2. The molecule has 1 saturated carbocycles. The van der Waals surface area contributed by atoms with Gasteiger partial charge in [-0.1, -0.05) is 0 Å². The van der Waals surface area contributed by atoms with Gasteiger partial charge in [0.2, 0.25) is 0 Å². The maximum atomic E-state index is 5.17. The Morgan fingerprint density at radius 3 is 2.70 bits per heavy atom. The molecular weight excluding hydrogens is 290 g/mol. The predicted octanol–water partition coefficient (Wildman–Crippen LogP) is 1.96. The topological polar surface area (TPSA) is 63.5 Å². The van der Waals surface area contributed by atoms with Crippen molar-refractivity contribution >= 4 is 5.96 Å². The fourth-order valence-electron chi connectivity index (χ4n) is 2.29. The Morgan fingerprint density at radius 2 is 2.04 bits per heavy atom. The van der Waals surface area contributed by atoms with E-state index in [0.29, 0.717) is 6.54 Å². The van der Waals surface area contributed by atoms with E-state index < -0.39 is 0 Å². The molecule has 1 aliphatic carbocycles. The molecule has 23 heavy (non-hydrogen) atoms. The van der Waals surface area contributed by atoms with Crippen LogP contribution < -0.4 is 15.4 Å². The average molecular weight is 313 g/mol. The van der Waals surface area contributed by atoms with Crippen molar-refractivity contribution in [3.63, 3.8) is 0 Å². The Hall–Kier alpha value is -2.50. The minimum atomic E-state index is 0.646. The van der Waals surface area contributed by atoms with Crippen LogP contribution in [0.15, 0.2) is 41.5 Å². The molecule has 1 aromatic carbocycles. The molecule has 2 N–H and O–H groups in total. The number of guanidine groups is 1.